The van der Waals surface area contributed by atoms with Crippen LogP contribution in [0.4, 0.5) is 11.6 Å². The van der Waals surface area contributed by atoms with Gasteiger partial charge in [0.25, 0.3) is 11.5 Å². The number of carbonyl (C=O) groups excluding carboxylic acids is 1. The van der Waals surface area contributed by atoms with Crippen molar-refractivity contribution in [2.24, 2.45) is 5.92 Å². The highest BCUT2D eigenvalue weighted by atomic mass is 16.2. The Labute approximate surface area is 140 Å². The van der Waals surface area contributed by atoms with E-state index in [4.69, 9.17) is 0 Å². The first-order valence-electron chi connectivity index (χ1n) is 8.16. The number of benzene rings is 1. The van der Waals surface area contributed by atoms with E-state index in [1.807, 2.05) is 35.2 Å². The first kappa shape index (κ1) is 16.2. The smallest absolute Gasteiger partial charge is 0.286 e. The van der Waals surface area contributed by atoms with E-state index in [9.17, 15) is 9.59 Å². The van der Waals surface area contributed by atoms with E-state index < -0.39 is 5.91 Å². The lowest BCUT2D eigenvalue weighted by Crippen LogP contribution is -2.35. The van der Waals surface area contributed by atoms with Crippen LogP contribution in [0.25, 0.3) is 0 Å². The minimum Gasteiger partial charge on any atom is -0.350 e. The van der Waals surface area contributed by atoms with Crippen molar-refractivity contribution in [2.75, 3.05) is 18.0 Å². The number of para-hydroxylation sites is 1. The SMILES string of the molecule is CC(C)CCNC(=O)c1nnc2n(c1=O)CCN2c1ccccc1. The molecule has 0 saturated heterocycles. The van der Waals surface area contributed by atoms with E-state index in [1.165, 1.54) is 4.57 Å². The van der Waals surface area contributed by atoms with Crippen LogP contribution >= 0.6 is 0 Å². The average Bonchev–Trinajstić information content (AvgIpc) is 3.00. The molecule has 1 N–H and O–H groups in total. The van der Waals surface area contributed by atoms with Gasteiger partial charge in [-0.2, -0.15) is 0 Å². The molecule has 1 aliphatic rings. The summed E-state index contributed by atoms with van der Waals surface area (Å²) in [6, 6.07) is 9.70. The van der Waals surface area contributed by atoms with E-state index >= 15 is 0 Å². The largest absolute Gasteiger partial charge is 0.350 e. The predicted octanol–water partition coefficient (Wildman–Crippen LogP) is 1.57. The van der Waals surface area contributed by atoms with Gasteiger partial charge in [0, 0.05) is 25.3 Å². The Morgan fingerprint density at radius 1 is 1.21 bits per heavy atom. The van der Waals surface area contributed by atoms with Gasteiger partial charge in [0.1, 0.15) is 0 Å². The molecular formula is C17H21N5O2. The van der Waals surface area contributed by atoms with Gasteiger partial charge in [-0.1, -0.05) is 32.0 Å². The summed E-state index contributed by atoms with van der Waals surface area (Å²) in [5.41, 5.74) is 0.421. The zero-order valence-electron chi connectivity index (χ0n) is 13.9. The molecule has 1 aliphatic heterocycles. The Morgan fingerprint density at radius 3 is 2.67 bits per heavy atom. The van der Waals surface area contributed by atoms with Gasteiger partial charge in [-0.3, -0.25) is 14.2 Å². The summed E-state index contributed by atoms with van der Waals surface area (Å²) in [4.78, 5) is 26.6. The van der Waals surface area contributed by atoms with E-state index in [2.05, 4.69) is 29.4 Å². The van der Waals surface area contributed by atoms with Crippen LogP contribution in [-0.2, 0) is 6.54 Å². The molecule has 0 radical (unpaired) electrons. The van der Waals surface area contributed by atoms with Crippen LogP contribution in [0.15, 0.2) is 35.1 Å². The molecule has 7 heteroatoms. The molecule has 1 aromatic heterocycles. The molecule has 1 amide bonds. The number of hydrogen-bond acceptors (Lipinski definition) is 5. The number of amides is 1. The molecule has 0 spiro atoms. The van der Waals surface area contributed by atoms with E-state index in [-0.39, 0.29) is 11.3 Å². The highest BCUT2D eigenvalue weighted by Crippen LogP contribution is 2.25. The fraction of sp³-hybridized carbons (Fsp3) is 0.412. The van der Waals surface area contributed by atoms with Gasteiger partial charge in [-0.05, 0) is 24.5 Å². The Morgan fingerprint density at radius 2 is 1.96 bits per heavy atom. The van der Waals surface area contributed by atoms with Crippen LogP contribution in [0, 0.1) is 5.92 Å². The molecule has 2 heterocycles. The second kappa shape index (κ2) is 6.82. The third-order valence-corrected chi connectivity index (χ3v) is 4.01. The van der Waals surface area contributed by atoms with Gasteiger partial charge in [-0.25, -0.2) is 0 Å². The van der Waals surface area contributed by atoms with Crippen molar-refractivity contribution in [2.45, 2.75) is 26.8 Å². The molecule has 0 unspecified atom stereocenters. The number of aromatic nitrogens is 3. The Bertz CT molecular complexity index is 785. The molecule has 0 aliphatic carbocycles. The number of fused-ring (bicyclic) bond motifs is 1. The van der Waals surface area contributed by atoms with Gasteiger partial charge in [0.05, 0.1) is 0 Å². The fourth-order valence-electron chi connectivity index (χ4n) is 2.66. The van der Waals surface area contributed by atoms with E-state index in [1.54, 1.807) is 0 Å². The van der Waals surface area contributed by atoms with Crippen molar-refractivity contribution in [1.29, 1.82) is 0 Å². The molecule has 2 aromatic rings. The van der Waals surface area contributed by atoms with E-state index in [0.29, 0.717) is 31.5 Å². The second-order valence-corrected chi connectivity index (χ2v) is 6.23. The topological polar surface area (TPSA) is 80.1 Å². The molecule has 0 fully saturated rings. The van der Waals surface area contributed by atoms with Crippen molar-refractivity contribution >= 4 is 17.5 Å². The molecule has 7 nitrogen and oxygen atoms in total. The normalized spacial score (nSPS) is 13.2. The molecule has 24 heavy (non-hydrogen) atoms. The summed E-state index contributed by atoms with van der Waals surface area (Å²) >= 11 is 0. The van der Waals surface area contributed by atoms with Crippen LogP contribution in [-0.4, -0.2) is 33.8 Å². The average molecular weight is 327 g/mol. The quantitative estimate of drug-likeness (QED) is 0.901. The minimum absolute atomic E-state index is 0.141. The van der Waals surface area contributed by atoms with Crippen molar-refractivity contribution < 1.29 is 4.79 Å². The van der Waals surface area contributed by atoms with Crippen LogP contribution in [0.3, 0.4) is 0 Å². The Kier molecular flexibility index (Phi) is 4.59. The molecule has 126 valence electrons. The summed E-state index contributed by atoms with van der Waals surface area (Å²) in [7, 11) is 0. The highest BCUT2D eigenvalue weighted by molar-refractivity contribution is 5.91. The van der Waals surface area contributed by atoms with Crippen molar-refractivity contribution in [3.05, 3.63) is 46.4 Å². The van der Waals surface area contributed by atoms with Gasteiger partial charge >= 0.3 is 0 Å². The molecule has 0 bridgehead atoms. The standard InChI is InChI=1S/C17H21N5O2/c1-12(2)8-9-18-15(23)14-16(24)22-11-10-21(17(22)20-19-14)13-6-4-3-5-7-13/h3-7,12H,8-11H2,1-2H3,(H,18,23). The molecular weight excluding hydrogens is 306 g/mol. The molecule has 0 saturated carbocycles. The maximum Gasteiger partial charge on any atom is 0.286 e. The summed E-state index contributed by atoms with van der Waals surface area (Å²) in [6.45, 7) is 5.80. The second-order valence-electron chi connectivity index (χ2n) is 6.23. The maximum atomic E-state index is 12.5. The van der Waals surface area contributed by atoms with Gasteiger partial charge in [0.2, 0.25) is 11.6 Å². The lowest BCUT2D eigenvalue weighted by Gasteiger charge is -2.16. The number of anilines is 2. The number of nitrogens with zero attached hydrogens (tertiary/aromatic N) is 4. The monoisotopic (exact) mass is 327 g/mol. The zero-order valence-corrected chi connectivity index (χ0v) is 13.9. The van der Waals surface area contributed by atoms with Crippen molar-refractivity contribution in [3.63, 3.8) is 0 Å². The summed E-state index contributed by atoms with van der Waals surface area (Å²) in [6.07, 6.45) is 0.854. The summed E-state index contributed by atoms with van der Waals surface area (Å²) in [5, 5.41) is 10.7. The Balaban J connectivity index is 1.82. The molecule has 0 atom stereocenters. The van der Waals surface area contributed by atoms with Crippen LogP contribution < -0.4 is 15.8 Å². The lowest BCUT2D eigenvalue weighted by molar-refractivity contribution is 0.0943. The van der Waals surface area contributed by atoms with Crippen LogP contribution in [0.2, 0.25) is 0 Å². The summed E-state index contributed by atoms with van der Waals surface area (Å²) < 4.78 is 1.51. The molecule has 3 rings (SSSR count). The van der Waals surface area contributed by atoms with E-state index in [0.717, 1.165) is 12.1 Å². The van der Waals surface area contributed by atoms with Crippen LogP contribution in [0.5, 0.6) is 0 Å². The first-order valence-corrected chi connectivity index (χ1v) is 8.16. The zero-order chi connectivity index (χ0) is 17.1. The van der Waals surface area contributed by atoms with Crippen LogP contribution in [0.1, 0.15) is 30.8 Å². The first-order chi connectivity index (χ1) is 11.6. The Hall–Kier alpha value is -2.70. The maximum absolute atomic E-state index is 12.5. The van der Waals surface area contributed by atoms with Gasteiger partial charge in [0.15, 0.2) is 0 Å². The van der Waals surface area contributed by atoms with Gasteiger partial charge < -0.3 is 10.2 Å². The third kappa shape index (κ3) is 3.15. The number of rotatable bonds is 5. The lowest BCUT2D eigenvalue weighted by atomic mass is 10.1. The third-order valence-electron chi connectivity index (χ3n) is 4.01. The fourth-order valence-corrected chi connectivity index (χ4v) is 2.66. The number of carbonyl (C=O) groups is 1. The summed E-state index contributed by atoms with van der Waals surface area (Å²) in [5.74, 6) is 0.503. The minimum atomic E-state index is -0.457. The van der Waals surface area contributed by atoms with Crippen molar-refractivity contribution in [1.82, 2.24) is 20.1 Å². The van der Waals surface area contributed by atoms with Gasteiger partial charge in [-0.15, -0.1) is 10.2 Å². The van der Waals surface area contributed by atoms with Crippen molar-refractivity contribution in [3.8, 4) is 0 Å². The predicted molar refractivity (Wildman–Crippen MR) is 91.5 cm³/mol. The molecule has 1 aromatic carbocycles. The number of hydrogen-bond donors (Lipinski definition) is 1. The highest BCUT2D eigenvalue weighted by Gasteiger charge is 2.26. The number of nitrogens with one attached hydrogen (secondary N) is 1.